The molecule has 12 amide bonds. The standard InChI is InChI=1S/C97H135Br2N15O31S/c1-8-56(3)88-93(131)103-49-86(126)107-75-54-146(135)94-68(39-63(91(129)102-50-87(127)110-88)41-81(121)89(58(5)82(122)52-115)111-92(130)76-44-65(116)51-114(76)95(132)64(42-80(75)120)43-83(100)123)67-18-17-66(45-70(67)109-94)145-96(133)112(7)21-22-113(23-26-139-29-32-140-30-27-137-24-10-11-77(117)62-16-19-69-71(40-62)106-74(48-99)73(47-98)105-69)97(134)144-53-61-14-12-60(13-15-61)38-79(119)72(46-84(101)124)108-90(128)57(4)37-78(118)59(6)104-85(125)20-25-138-28-31-141-33-34-142-35-36-143-55-136-9-2/h12-19,40,45,56-59,63-65,72,75-76,82,88-89,109,115-116,122H,8-11,20-39,41-44,46-55H2,1-7H3,(H2,100,123)(H2,101,124)(H,102,129)(H,103,131)(H,104,125)(H,107,126)(H,108,128)(H,110,127)(H,111,130)/t56-,57+,58-,59-,63-,64-,65+,72-,75-,76-,82-,88-,89-,146?/m0/s1. The molecule has 146 heavy (non-hydrogen) atoms. The van der Waals surface area contributed by atoms with Crippen LogP contribution in [0.5, 0.6) is 5.75 Å². The third-order valence-electron chi connectivity index (χ3n) is 24.6. The molecule has 0 saturated carbocycles. The molecule has 5 heterocycles. The number of ketones is 5. The first-order valence-electron chi connectivity index (χ1n) is 48.4. The fraction of sp³-hybridized carbons (Fsp3) is 0.598. The predicted molar refractivity (Wildman–Crippen MR) is 531 cm³/mol. The number of halogens is 2. The predicted octanol–water partition coefficient (Wildman–Crippen LogP) is 1.09. The van der Waals surface area contributed by atoms with Gasteiger partial charge in [-0.1, -0.05) is 90.2 Å². The number of amides is 12. The van der Waals surface area contributed by atoms with E-state index in [-0.39, 0.29) is 151 Å². The summed E-state index contributed by atoms with van der Waals surface area (Å²) in [6, 6.07) is 6.53. The number of aromatic nitrogens is 3. The number of aliphatic hydroxyl groups is 3. The van der Waals surface area contributed by atoms with Gasteiger partial charge >= 0.3 is 12.2 Å². The van der Waals surface area contributed by atoms with Gasteiger partial charge in [-0.15, -0.1) is 0 Å². The molecular formula is C97H135Br2N15O31S. The zero-order valence-corrected chi connectivity index (χ0v) is 87.0. The number of aliphatic hydroxyl groups excluding tert-OH is 3. The van der Waals surface area contributed by atoms with E-state index in [0.29, 0.717) is 84.3 Å². The van der Waals surface area contributed by atoms with Crippen LogP contribution < -0.4 is 53.4 Å². The molecule has 1 unspecified atom stereocenters. The lowest BCUT2D eigenvalue weighted by Gasteiger charge is -2.32. The van der Waals surface area contributed by atoms with Crippen LogP contribution in [0.1, 0.15) is 144 Å². The monoisotopic (exact) mass is 2200 g/mol. The minimum absolute atomic E-state index is 0.0101. The second-order valence-corrected chi connectivity index (χ2v) is 38.2. The Labute approximate surface area is 863 Å². The zero-order chi connectivity index (χ0) is 107. The summed E-state index contributed by atoms with van der Waals surface area (Å²) in [6.45, 7) is 8.77. The number of nitrogens with one attached hydrogen (secondary N) is 8. The maximum absolute atomic E-state index is 15.5. The van der Waals surface area contributed by atoms with Gasteiger partial charge in [0, 0.05) is 143 Å². The van der Waals surface area contributed by atoms with Crippen LogP contribution in [0, 0.1) is 29.6 Å². The van der Waals surface area contributed by atoms with E-state index in [1.54, 1.807) is 56.3 Å². The molecule has 5 aromatic rings. The second kappa shape index (κ2) is 62.2. The molecule has 49 heteroatoms. The average Bonchev–Trinajstić information content (AvgIpc) is 1.62. The van der Waals surface area contributed by atoms with Gasteiger partial charge in [0.05, 0.1) is 192 Å². The molecule has 0 radical (unpaired) electrons. The quantitative estimate of drug-likeness (QED) is 0.0112. The number of alkyl halides is 2. The summed E-state index contributed by atoms with van der Waals surface area (Å²) in [6.07, 6.45) is -8.97. The number of nitrogens with zero attached hydrogens (tertiary/aromatic N) is 5. The SMILES string of the molecule is CCOCOCCOCCOCCOCCC(=O)N[C@@H](C)C(=O)C[C@@H](C)C(=O)N[C@@H](CC(N)=O)C(=O)Cc1ccc(COC(=O)N(CCOCCOCCOCCCC(=O)c2ccc3nc(CBr)c(CBr)nc3c2)CCN(C)C(=O)Oc2ccc3c4c([nH]c3c2)S(=O)C[C@@H]2NC(=O)CNC(=O)[C@H]([C@@H](C)CC)NC(=O)CNC(=O)[C@H](CC(=O)[C@H]([C@@H](C)[C@@H](O)CO)NC(=O)[C@@H]3C[C@@H](O)CN3C(=O)[C@H](CC(N)=O)CC2=O)C4)cc1. The third kappa shape index (κ3) is 38.8. The highest BCUT2D eigenvalue weighted by Gasteiger charge is 2.46. The van der Waals surface area contributed by atoms with Crippen molar-refractivity contribution in [3.05, 3.63) is 94.3 Å². The van der Waals surface area contributed by atoms with E-state index in [9.17, 15) is 92.0 Å². The molecule has 0 spiro atoms. The highest BCUT2D eigenvalue weighted by Crippen LogP contribution is 2.34. The molecule has 3 aromatic carbocycles. The number of primary amides is 2. The number of hydrogen-bond acceptors (Lipinski definition) is 33. The topological polar surface area (TPSA) is 648 Å². The van der Waals surface area contributed by atoms with Crippen LogP contribution in [0.3, 0.4) is 0 Å². The Kier molecular flexibility index (Phi) is 51.1. The number of hydrogen-bond donors (Lipinski definition) is 13. The number of fused-ring (bicyclic) bond motifs is 6. The molecule has 2 aromatic heterocycles. The van der Waals surface area contributed by atoms with Crippen molar-refractivity contribution in [1.82, 2.24) is 66.9 Å². The fourth-order valence-corrected chi connectivity index (χ4v) is 18.3. The Hall–Kier alpha value is -11.2. The van der Waals surface area contributed by atoms with E-state index >= 15 is 9.00 Å². The van der Waals surface area contributed by atoms with Crippen LogP contribution in [0.4, 0.5) is 9.59 Å². The van der Waals surface area contributed by atoms with Crippen LogP contribution >= 0.6 is 31.9 Å². The maximum Gasteiger partial charge on any atom is 0.415 e. The number of aromatic amines is 1. The molecule has 8 rings (SSSR count). The minimum Gasteiger partial charge on any atom is -0.445 e. The Morgan fingerprint density at radius 2 is 1.26 bits per heavy atom. The molecule has 3 aliphatic rings. The Balaban J connectivity index is 0.964. The highest BCUT2D eigenvalue weighted by molar-refractivity contribution is 9.09. The van der Waals surface area contributed by atoms with Crippen molar-refractivity contribution < 1.29 is 148 Å². The second-order valence-electron chi connectivity index (χ2n) is 35.7. The van der Waals surface area contributed by atoms with Crippen molar-refractivity contribution in [2.45, 2.75) is 189 Å². The fourth-order valence-electron chi connectivity index (χ4n) is 15.9. The summed E-state index contributed by atoms with van der Waals surface area (Å²) in [5.74, 6) is -19.6. The number of H-pyrrole nitrogens is 1. The lowest BCUT2D eigenvalue weighted by molar-refractivity contribution is -0.145. The molecule has 0 aliphatic carbocycles. The Morgan fingerprint density at radius 3 is 1.90 bits per heavy atom. The Morgan fingerprint density at radius 1 is 0.637 bits per heavy atom. The summed E-state index contributed by atoms with van der Waals surface area (Å²) in [5, 5.41) is 51.0. The van der Waals surface area contributed by atoms with Crippen LogP contribution in [0.2, 0.25) is 0 Å². The minimum atomic E-state index is -2.55. The van der Waals surface area contributed by atoms with Crippen molar-refractivity contribution in [2.24, 2.45) is 41.1 Å². The molecule has 15 N–H and O–H groups in total. The average molecular weight is 2200 g/mol. The van der Waals surface area contributed by atoms with Crippen LogP contribution in [0.25, 0.3) is 21.9 Å². The van der Waals surface area contributed by atoms with E-state index in [0.717, 1.165) is 21.2 Å². The number of carbonyl (C=O) groups excluding carboxylic acids is 17. The first kappa shape index (κ1) is 120. The number of ether oxygens (including phenoxy) is 10. The lowest BCUT2D eigenvalue weighted by Crippen LogP contribution is -2.56. The van der Waals surface area contributed by atoms with Gasteiger partial charge in [-0.2, -0.15) is 0 Å². The molecule has 2 bridgehead atoms. The molecule has 3 aliphatic heterocycles. The maximum atomic E-state index is 15.5. The van der Waals surface area contributed by atoms with Crippen LogP contribution in [-0.4, -0.2) is 356 Å². The lowest BCUT2D eigenvalue weighted by atomic mass is 9.85. The zero-order valence-electron chi connectivity index (χ0n) is 83.0. The molecule has 1 fully saturated rings. The van der Waals surface area contributed by atoms with Crippen molar-refractivity contribution in [1.29, 1.82) is 0 Å². The van der Waals surface area contributed by atoms with Gasteiger partial charge in [0.2, 0.25) is 59.1 Å². The Bertz CT molecular complexity index is 5330. The van der Waals surface area contributed by atoms with Gasteiger partial charge in [-0.25, -0.2) is 19.6 Å². The molecular weight excluding hydrogens is 2060 g/mol. The first-order valence-corrected chi connectivity index (χ1v) is 51.9. The molecule has 1 saturated heterocycles. The number of carbonyl (C=O) groups is 17. The molecule has 46 nitrogen and oxygen atoms in total. The van der Waals surface area contributed by atoms with Crippen molar-refractivity contribution in [3.63, 3.8) is 0 Å². The summed E-state index contributed by atoms with van der Waals surface area (Å²) < 4.78 is 71.3. The number of likely N-dealkylation sites (N-methyl/N-ethyl adjacent to an activating group) is 1. The van der Waals surface area contributed by atoms with Crippen molar-refractivity contribution in [2.75, 3.05) is 158 Å². The first-order chi connectivity index (χ1) is 69.8. The third-order valence-corrected chi connectivity index (χ3v) is 27.1. The van der Waals surface area contributed by atoms with Gasteiger partial charge in [-0.05, 0) is 79.6 Å². The van der Waals surface area contributed by atoms with E-state index in [4.69, 9.17) is 58.8 Å². The van der Waals surface area contributed by atoms with Gasteiger partial charge < -0.3 is 131 Å². The van der Waals surface area contributed by atoms with Crippen LogP contribution in [0.15, 0.2) is 65.7 Å². The number of rotatable bonds is 55. The van der Waals surface area contributed by atoms with E-state index < -0.39 is 254 Å². The smallest absolute Gasteiger partial charge is 0.415 e. The van der Waals surface area contributed by atoms with E-state index in [1.807, 2.05) is 6.92 Å². The summed E-state index contributed by atoms with van der Waals surface area (Å²) in [7, 11) is -1.20. The summed E-state index contributed by atoms with van der Waals surface area (Å²) in [5.41, 5.74) is 15.5. The van der Waals surface area contributed by atoms with E-state index in [2.05, 4.69) is 84.0 Å². The van der Waals surface area contributed by atoms with Gasteiger partial charge in [0.1, 0.15) is 36.3 Å². The summed E-state index contributed by atoms with van der Waals surface area (Å²) >= 11 is 6.89. The highest BCUT2D eigenvalue weighted by atomic mass is 79.9. The van der Waals surface area contributed by atoms with Crippen molar-refractivity contribution >= 4 is 165 Å². The normalized spacial score (nSPS) is 19.6. The number of benzene rings is 3. The molecule has 14 atom stereocenters. The van der Waals surface area contributed by atoms with Gasteiger partial charge in [0.15, 0.2) is 28.9 Å². The van der Waals surface area contributed by atoms with Crippen LogP contribution in [-0.2, 0) is 151 Å². The summed E-state index contributed by atoms with van der Waals surface area (Å²) in [4.78, 5) is 252. The molecule has 804 valence electrons. The number of Topliss-reactive ketones (excluding diaryl/α,β-unsaturated/α-hetero) is 5. The number of nitrogens with two attached hydrogens (primary N) is 2. The van der Waals surface area contributed by atoms with Crippen molar-refractivity contribution in [3.8, 4) is 5.75 Å². The largest absolute Gasteiger partial charge is 0.445 e. The van der Waals surface area contributed by atoms with E-state index in [1.165, 1.54) is 50.9 Å². The van der Waals surface area contributed by atoms with Gasteiger partial charge in [0.25, 0.3) is 0 Å². The van der Waals surface area contributed by atoms with Gasteiger partial charge in [-0.3, -0.25) is 76.1 Å².